The molecule has 0 saturated carbocycles. The quantitative estimate of drug-likeness (QED) is 0.913. The molecule has 1 heterocycles. The Morgan fingerprint density at radius 2 is 1.83 bits per heavy atom. The van der Waals surface area contributed by atoms with E-state index in [0.29, 0.717) is 0 Å². The SMILES string of the molecule is COc1ccc(CN2CCC(CO)(c3ccccc3)CC2)cc1F. The van der Waals surface area contributed by atoms with E-state index in [9.17, 15) is 9.50 Å². The van der Waals surface area contributed by atoms with Crippen LogP contribution in [-0.4, -0.2) is 36.8 Å². The number of methoxy groups -OCH3 is 1. The first kappa shape index (κ1) is 16.9. The number of nitrogens with zero attached hydrogens (tertiary/aromatic N) is 1. The third-order valence-corrected chi connectivity index (χ3v) is 5.12. The van der Waals surface area contributed by atoms with Crippen LogP contribution >= 0.6 is 0 Å². The van der Waals surface area contributed by atoms with Gasteiger partial charge in [0, 0.05) is 12.0 Å². The molecule has 1 fully saturated rings. The molecule has 1 N–H and O–H groups in total. The van der Waals surface area contributed by atoms with Crippen molar-refractivity contribution in [2.24, 2.45) is 0 Å². The first-order valence-corrected chi connectivity index (χ1v) is 8.38. The van der Waals surface area contributed by atoms with Gasteiger partial charge in [0.25, 0.3) is 0 Å². The molecule has 0 atom stereocenters. The summed E-state index contributed by atoms with van der Waals surface area (Å²) in [7, 11) is 1.47. The molecule has 0 aliphatic carbocycles. The third-order valence-electron chi connectivity index (χ3n) is 5.12. The molecule has 1 saturated heterocycles. The minimum absolute atomic E-state index is 0.150. The highest BCUT2D eigenvalue weighted by Crippen LogP contribution is 2.35. The Hall–Kier alpha value is -1.91. The number of aliphatic hydroxyl groups excluding tert-OH is 1. The van der Waals surface area contributed by atoms with Crippen molar-refractivity contribution in [3.8, 4) is 5.75 Å². The molecule has 128 valence electrons. The number of hydrogen-bond donors (Lipinski definition) is 1. The first-order chi connectivity index (χ1) is 11.7. The summed E-state index contributed by atoms with van der Waals surface area (Å²) in [6, 6.07) is 15.4. The van der Waals surface area contributed by atoms with Gasteiger partial charge in [-0.05, 0) is 49.2 Å². The number of piperidine rings is 1. The van der Waals surface area contributed by atoms with Crippen molar-refractivity contribution < 1.29 is 14.2 Å². The van der Waals surface area contributed by atoms with Crippen molar-refractivity contribution in [3.63, 3.8) is 0 Å². The van der Waals surface area contributed by atoms with Gasteiger partial charge in [-0.2, -0.15) is 0 Å². The molecule has 4 heteroatoms. The number of benzene rings is 2. The number of likely N-dealkylation sites (tertiary alicyclic amines) is 1. The average molecular weight is 329 g/mol. The van der Waals surface area contributed by atoms with E-state index in [1.165, 1.54) is 12.7 Å². The van der Waals surface area contributed by atoms with E-state index in [1.807, 2.05) is 24.3 Å². The summed E-state index contributed by atoms with van der Waals surface area (Å²) in [4.78, 5) is 2.32. The lowest BCUT2D eigenvalue weighted by Gasteiger charge is -2.41. The van der Waals surface area contributed by atoms with Crippen LogP contribution in [0.25, 0.3) is 0 Å². The topological polar surface area (TPSA) is 32.7 Å². The Morgan fingerprint density at radius 1 is 1.12 bits per heavy atom. The minimum atomic E-state index is -0.319. The molecule has 1 aliphatic rings. The van der Waals surface area contributed by atoms with E-state index in [0.717, 1.165) is 38.0 Å². The summed E-state index contributed by atoms with van der Waals surface area (Å²) < 4.78 is 18.8. The monoisotopic (exact) mass is 329 g/mol. The van der Waals surface area contributed by atoms with Crippen molar-refractivity contribution in [3.05, 3.63) is 65.5 Å². The van der Waals surface area contributed by atoms with Crippen LogP contribution in [0.15, 0.2) is 48.5 Å². The van der Waals surface area contributed by atoms with Gasteiger partial charge in [-0.3, -0.25) is 4.90 Å². The molecule has 3 nitrogen and oxygen atoms in total. The maximum Gasteiger partial charge on any atom is 0.165 e. The second-order valence-corrected chi connectivity index (χ2v) is 6.55. The highest BCUT2D eigenvalue weighted by Gasteiger charge is 2.35. The van der Waals surface area contributed by atoms with E-state index in [1.54, 1.807) is 12.1 Å². The summed E-state index contributed by atoms with van der Waals surface area (Å²) in [5.41, 5.74) is 2.01. The molecule has 0 spiro atoms. The second kappa shape index (κ2) is 7.32. The molecule has 0 radical (unpaired) electrons. The van der Waals surface area contributed by atoms with Gasteiger partial charge in [0.05, 0.1) is 13.7 Å². The van der Waals surface area contributed by atoms with Crippen LogP contribution in [0.1, 0.15) is 24.0 Å². The molecule has 2 aromatic carbocycles. The fourth-order valence-electron chi connectivity index (χ4n) is 3.54. The highest BCUT2D eigenvalue weighted by atomic mass is 19.1. The zero-order valence-electron chi connectivity index (χ0n) is 14.0. The van der Waals surface area contributed by atoms with Gasteiger partial charge in [0.1, 0.15) is 0 Å². The summed E-state index contributed by atoms with van der Waals surface area (Å²) in [6.07, 6.45) is 1.82. The van der Waals surface area contributed by atoms with Crippen LogP contribution in [0, 0.1) is 5.82 Å². The van der Waals surface area contributed by atoms with Crippen LogP contribution < -0.4 is 4.74 Å². The maximum absolute atomic E-state index is 13.8. The van der Waals surface area contributed by atoms with Crippen LogP contribution in [0.2, 0.25) is 0 Å². The average Bonchev–Trinajstić information content (AvgIpc) is 2.63. The van der Waals surface area contributed by atoms with Crippen molar-refractivity contribution in [2.45, 2.75) is 24.8 Å². The maximum atomic E-state index is 13.8. The molecule has 0 bridgehead atoms. The predicted molar refractivity (Wildman–Crippen MR) is 92.7 cm³/mol. The Kier molecular flexibility index (Phi) is 5.17. The predicted octanol–water partition coefficient (Wildman–Crippen LogP) is 3.36. The molecular formula is C20H24FNO2. The molecule has 2 aromatic rings. The number of ether oxygens (including phenoxy) is 1. The summed E-state index contributed by atoms with van der Waals surface area (Å²) in [6.45, 7) is 2.67. The van der Waals surface area contributed by atoms with Gasteiger partial charge < -0.3 is 9.84 Å². The van der Waals surface area contributed by atoms with Crippen molar-refractivity contribution in [1.82, 2.24) is 4.90 Å². The Balaban J connectivity index is 1.65. The van der Waals surface area contributed by atoms with Gasteiger partial charge in [-0.25, -0.2) is 4.39 Å². The third kappa shape index (κ3) is 3.45. The van der Waals surface area contributed by atoms with Gasteiger partial charge in [0.2, 0.25) is 0 Å². The molecule has 24 heavy (non-hydrogen) atoms. The summed E-state index contributed by atoms with van der Waals surface area (Å²) in [5.74, 6) is -0.0400. The molecule has 1 aliphatic heterocycles. The fourth-order valence-corrected chi connectivity index (χ4v) is 3.54. The van der Waals surface area contributed by atoms with Gasteiger partial charge >= 0.3 is 0 Å². The molecule has 0 unspecified atom stereocenters. The van der Waals surface area contributed by atoms with Crippen LogP contribution in [0.3, 0.4) is 0 Å². The standard InChI is InChI=1S/C20H24FNO2/c1-24-19-8-7-16(13-18(19)21)14-22-11-9-20(15-23,10-12-22)17-5-3-2-4-6-17/h2-8,13,23H,9-12,14-15H2,1H3. The molecule has 0 aromatic heterocycles. The zero-order valence-corrected chi connectivity index (χ0v) is 14.0. The van der Waals surface area contributed by atoms with Gasteiger partial charge in [0.15, 0.2) is 11.6 Å². The van der Waals surface area contributed by atoms with Gasteiger partial charge in [-0.15, -0.1) is 0 Å². The highest BCUT2D eigenvalue weighted by molar-refractivity contribution is 5.30. The largest absolute Gasteiger partial charge is 0.494 e. The molecule has 0 amide bonds. The summed E-state index contributed by atoms with van der Waals surface area (Å²) in [5, 5.41) is 9.98. The number of aliphatic hydroxyl groups is 1. The normalized spacial score (nSPS) is 17.6. The lowest BCUT2D eigenvalue weighted by Crippen LogP contribution is -2.44. The van der Waals surface area contributed by atoms with Crippen molar-refractivity contribution in [1.29, 1.82) is 0 Å². The van der Waals surface area contributed by atoms with Gasteiger partial charge in [-0.1, -0.05) is 36.4 Å². The summed E-state index contributed by atoms with van der Waals surface area (Å²) >= 11 is 0. The van der Waals surface area contributed by atoms with E-state index in [-0.39, 0.29) is 23.6 Å². The fraction of sp³-hybridized carbons (Fsp3) is 0.400. The number of halogens is 1. The zero-order chi connectivity index (χ0) is 17.0. The lowest BCUT2D eigenvalue weighted by molar-refractivity contribution is 0.0973. The first-order valence-electron chi connectivity index (χ1n) is 8.38. The molecule has 3 rings (SSSR count). The van der Waals surface area contributed by atoms with Crippen LogP contribution in [0.4, 0.5) is 4.39 Å². The molecular weight excluding hydrogens is 305 g/mol. The second-order valence-electron chi connectivity index (χ2n) is 6.55. The Labute approximate surface area is 142 Å². The van der Waals surface area contributed by atoms with E-state index < -0.39 is 0 Å². The lowest BCUT2D eigenvalue weighted by atomic mass is 9.73. The number of hydrogen-bond acceptors (Lipinski definition) is 3. The smallest absolute Gasteiger partial charge is 0.165 e. The van der Waals surface area contributed by atoms with E-state index in [2.05, 4.69) is 17.0 Å². The van der Waals surface area contributed by atoms with Crippen molar-refractivity contribution in [2.75, 3.05) is 26.8 Å². The number of rotatable bonds is 5. The Morgan fingerprint density at radius 3 is 2.42 bits per heavy atom. The van der Waals surface area contributed by atoms with E-state index >= 15 is 0 Å². The Bertz CT molecular complexity index is 667. The van der Waals surface area contributed by atoms with Crippen LogP contribution in [-0.2, 0) is 12.0 Å². The van der Waals surface area contributed by atoms with Crippen LogP contribution in [0.5, 0.6) is 5.75 Å². The minimum Gasteiger partial charge on any atom is -0.494 e. The van der Waals surface area contributed by atoms with Crippen molar-refractivity contribution >= 4 is 0 Å². The van der Waals surface area contributed by atoms with E-state index in [4.69, 9.17) is 4.74 Å².